The zero-order chi connectivity index (χ0) is 15.5. The van der Waals surface area contributed by atoms with Gasteiger partial charge in [0.05, 0.1) is 18.5 Å². The number of hydrogen-bond acceptors (Lipinski definition) is 3. The second kappa shape index (κ2) is 6.90. The van der Waals surface area contributed by atoms with Crippen LogP contribution in [0.3, 0.4) is 0 Å². The fourth-order valence-electron chi connectivity index (χ4n) is 2.55. The first-order chi connectivity index (χ1) is 9.94. The normalized spacial score (nSPS) is 24.1. The van der Waals surface area contributed by atoms with Crippen LogP contribution in [0.1, 0.15) is 43.9 Å². The van der Waals surface area contributed by atoms with Crippen LogP contribution in [-0.4, -0.2) is 37.7 Å². The largest absolute Gasteiger partial charge is 0.370 e. The molecule has 5 heteroatoms. The molecule has 0 spiro atoms. The Hall–Kier alpha value is -0.910. The van der Waals surface area contributed by atoms with Crippen molar-refractivity contribution in [2.45, 2.75) is 45.8 Å². The third-order valence-corrected chi connectivity index (χ3v) is 5.97. The van der Waals surface area contributed by atoms with E-state index in [4.69, 9.17) is 4.74 Å². The van der Waals surface area contributed by atoms with Crippen LogP contribution >= 0.6 is 0 Å². The van der Waals surface area contributed by atoms with E-state index < -0.39 is 10.0 Å². The summed E-state index contributed by atoms with van der Waals surface area (Å²) in [5.74, 6) is 0.231. The molecule has 0 aromatic heterocycles. The van der Waals surface area contributed by atoms with Crippen molar-refractivity contribution in [2.24, 2.45) is 0 Å². The Bertz CT molecular complexity index is 553. The lowest BCUT2D eigenvalue weighted by molar-refractivity contribution is -0.0288. The lowest BCUT2D eigenvalue weighted by Crippen LogP contribution is -2.48. The molecule has 2 rings (SSSR count). The zero-order valence-corrected chi connectivity index (χ0v) is 13.9. The van der Waals surface area contributed by atoms with E-state index in [-0.39, 0.29) is 17.9 Å². The number of hydrogen-bond donors (Lipinski definition) is 0. The summed E-state index contributed by atoms with van der Waals surface area (Å²) in [4.78, 5) is 0. The number of unbranched alkanes of at least 4 members (excludes halogenated alkanes) is 1. The number of sulfonamides is 1. The highest BCUT2D eigenvalue weighted by atomic mass is 32.2. The third kappa shape index (κ3) is 4.05. The zero-order valence-electron chi connectivity index (χ0n) is 13.1. The predicted molar refractivity (Wildman–Crippen MR) is 84.7 cm³/mol. The van der Waals surface area contributed by atoms with Crippen LogP contribution in [0.2, 0.25) is 0 Å². The summed E-state index contributed by atoms with van der Waals surface area (Å²) in [7, 11) is -3.19. The second-order valence-corrected chi connectivity index (χ2v) is 7.86. The average Bonchev–Trinajstić information content (AvgIpc) is 2.46. The van der Waals surface area contributed by atoms with Gasteiger partial charge >= 0.3 is 0 Å². The van der Waals surface area contributed by atoms with Crippen molar-refractivity contribution in [2.75, 3.05) is 18.9 Å². The number of ether oxygens (including phenoxy) is 1. The molecule has 0 saturated carbocycles. The van der Waals surface area contributed by atoms with E-state index in [1.807, 2.05) is 45.0 Å². The number of morpholine rings is 1. The quantitative estimate of drug-likeness (QED) is 0.840. The molecule has 1 aliphatic rings. The van der Waals surface area contributed by atoms with Gasteiger partial charge in [0, 0.05) is 12.6 Å². The minimum Gasteiger partial charge on any atom is -0.370 e. The van der Waals surface area contributed by atoms with E-state index in [0.717, 1.165) is 12.0 Å². The molecule has 1 saturated heterocycles. The van der Waals surface area contributed by atoms with Crippen LogP contribution in [0.25, 0.3) is 0 Å². The summed E-state index contributed by atoms with van der Waals surface area (Å²) in [5, 5.41) is 0. The standard InChI is InChI=1S/C16H25NO3S/c1-4-5-10-21(18,19)17-11-16(20-12-14(17)3)15-8-6-13(2)7-9-15/h6-9,14,16H,4-5,10-12H2,1-3H3. The molecule has 118 valence electrons. The lowest BCUT2D eigenvalue weighted by atomic mass is 10.1. The summed E-state index contributed by atoms with van der Waals surface area (Å²) >= 11 is 0. The number of aryl methyl sites for hydroxylation is 1. The average molecular weight is 311 g/mol. The van der Waals surface area contributed by atoms with Gasteiger partial charge in [-0.25, -0.2) is 8.42 Å². The van der Waals surface area contributed by atoms with Gasteiger partial charge in [0.2, 0.25) is 10.0 Å². The van der Waals surface area contributed by atoms with Crippen LogP contribution in [0.5, 0.6) is 0 Å². The van der Waals surface area contributed by atoms with Crippen molar-refractivity contribution >= 4 is 10.0 Å². The molecule has 1 aromatic rings. The number of benzene rings is 1. The van der Waals surface area contributed by atoms with Crippen LogP contribution in [0, 0.1) is 6.92 Å². The van der Waals surface area contributed by atoms with Gasteiger partial charge in [0.25, 0.3) is 0 Å². The molecule has 1 fully saturated rings. The van der Waals surface area contributed by atoms with Crippen LogP contribution < -0.4 is 0 Å². The number of rotatable bonds is 5. The van der Waals surface area contributed by atoms with Gasteiger partial charge in [-0.15, -0.1) is 0 Å². The van der Waals surface area contributed by atoms with Crippen molar-refractivity contribution < 1.29 is 13.2 Å². The Balaban J connectivity index is 2.14. The van der Waals surface area contributed by atoms with E-state index in [0.29, 0.717) is 19.6 Å². The summed E-state index contributed by atoms with van der Waals surface area (Å²) in [6.07, 6.45) is 1.43. The van der Waals surface area contributed by atoms with E-state index in [2.05, 4.69) is 0 Å². The van der Waals surface area contributed by atoms with Crippen molar-refractivity contribution in [3.05, 3.63) is 35.4 Å². The van der Waals surface area contributed by atoms with Crippen LogP contribution in [0.4, 0.5) is 0 Å². The Morgan fingerprint density at radius 3 is 2.57 bits per heavy atom. The highest BCUT2D eigenvalue weighted by Gasteiger charge is 2.34. The molecule has 2 unspecified atom stereocenters. The minimum absolute atomic E-state index is 0.0893. The van der Waals surface area contributed by atoms with Gasteiger partial charge in [-0.2, -0.15) is 4.31 Å². The Kier molecular flexibility index (Phi) is 5.41. The second-order valence-electron chi connectivity index (χ2n) is 5.82. The first kappa shape index (κ1) is 16.5. The topological polar surface area (TPSA) is 46.6 Å². The van der Waals surface area contributed by atoms with Gasteiger partial charge in [0.1, 0.15) is 0 Å². The van der Waals surface area contributed by atoms with Gasteiger partial charge in [-0.05, 0) is 25.8 Å². The molecule has 1 aliphatic heterocycles. The first-order valence-electron chi connectivity index (χ1n) is 7.61. The van der Waals surface area contributed by atoms with Gasteiger partial charge < -0.3 is 4.74 Å². The molecule has 0 radical (unpaired) electrons. The van der Waals surface area contributed by atoms with E-state index >= 15 is 0 Å². The highest BCUT2D eigenvalue weighted by molar-refractivity contribution is 7.89. The predicted octanol–water partition coefficient (Wildman–Crippen LogP) is 2.89. The first-order valence-corrected chi connectivity index (χ1v) is 9.22. The molecule has 2 atom stereocenters. The third-order valence-electron chi connectivity index (χ3n) is 3.94. The van der Waals surface area contributed by atoms with E-state index in [1.54, 1.807) is 4.31 Å². The molecule has 21 heavy (non-hydrogen) atoms. The summed E-state index contributed by atoms with van der Waals surface area (Å²) in [6, 6.07) is 8.02. The van der Waals surface area contributed by atoms with Crippen molar-refractivity contribution in [1.29, 1.82) is 0 Å². The van der Waals surface area contributed by atoms with Crippen molar-refractivity contribution in [3.63, 3.8) is 0 Å². The highest BCUT2D eigenvalue weighted by Crippen LogP contribution is 2.27. The maximum atomic E-state index is 12.5. The Morgan fingerprint density at radius 2 is 1.95 bits per heavy atom. The van der Waals surface area contributed by atoms with Crippen LogP contribution in [-0.2, 0) is 14.8 Å². The van der Waals surface area contributed by atoms with E-state index in [9.17, 15) is 8.42 Å². The summed E-state index contributed by atoms with van der Waals surface area (Å²) in [5.41, 5.74) is 2.23. The molecule has 4 nitrogen and oxygen atoms in total. The molecule has 1 heterocycles. The summed E-state index contributed by atoms with van der Waals surface area (Å²) in [6.45, 7) is 6.82. The molecule has 0 N–H and O–H groups in total. The van der Waals surface area contributed by atoms with Crippen molar-refractivity contribution in [3.8, 4) is 0 Å². The minimum atomic E-state index is -3.19. The fourth-order valence-corrected chi connectivity index (χ4v) is 4.41. The van der Waals surface area contributed by atoms with Gasteiger partial charge in [0.15, 0.2) is 0 Å². The Morgan fingerprint density at radius 1 is 1.29 bits per heavy atom. The van der Waals surface area contributed by atoms with Crippen molar-refractivity contribution in [1.82, 2.24) is 4.31 Å². The monoisotopic (exact) mass is 311 g/mol. The Labute approximate surface area is 128 Å². The summed E-state index contributed by atoms with van der Waals surface area (Å²) < 4.78 is 32.4. The molecule has 1 aromatic carbocycles. The molecule has 0 aliphatic carbocycles. The van der Waals surface area contributed by atoms with Crippen LogP contribution in [0.15, 0.2) is 24.3 Å². The maximum Gasteiger partial charge on any atom is 0.214 e. The maximum absolute atomic E-state index is 12.5. The molecular weight excluding hydrogens is 286 g/mol. The number of nitrogens with zero attached hydrogens (tertiary/aromatic N) is 1. The lowest BCUT2D eigenvalue weighted by Gasteiger charge is -2.37. The fraction of sp³-hybridized carbons (Fsp3) is 0.625. The SMILES string of the molecule is CCCCS(=O)(=O)N1CC(c2ccc(C)cc2)OCC1C. The smallest absolute Gasteiger partial charge is 0.214 e. The molecular formula is C16H25NO3S. The molecule has 0 amide bonds. The molecule has 0 bridgehead atoms. The van der Waals surface area contributed by atoms with E-state index in [1.165, 1.54) is 5.56 Å². The van der Waals surface area contributed by atoms with Gasteiger partial charge in [-0.3, -0.25) is 0 Å². The van der Waals surface area contributed by atoms with Gasteiger partial charge in [-0.1, -0.05) is 43.2 Å².